The summed E-state index contributed by atoms with van der Waals surface area (Å²) in [5.41, 5.74) is 2.47. The van der Waals surface area contributed by atoms with E-state index in [4.69, 9.17) is 9.15 Å². The molecule has 0 saturated heterocycles. The normalized spacial score (nSPS) is 11.2. The van der Waals surface area contributed by atoms with Crippen molar-refractivity contribution in [3.8, 4) is 17.2 Å². The van der Waals surface area contributed by atoms with Crippen molar-refractivity contribution in [2.75, 3.05) is 17.6 Å². The molecule has 0 saturated carbocycles. The maximum Gasteiger partial charge on any atom is 0.232 e. The summed E-state index contributed by atoms with van der Waals surface area (Å²) in [7, 11) is -1.84. The Morgan fingerprint density at radius 2 is 1.84 bits per heavy atom. The lowest BCUT2D eigenvalue weighted by molar-refractivity contribution is -0.121. The van der Waals surface area contributed by atoms with Crippen LogP contribution in [0.3, 0.4) is 0 Å². The van der Waals surface area contributed by atoms with Crippen molar-refractivity contribution in [1.82, 2.24) is 10.3 Å². The number of para-hydroxylation sites is 2. The number of carbonyl (C=O) groups excluding carboxylic acids is 1. The van der Waals surface area contributed by atoms with Crippen LogP contribution in [0.1, 0.15) is 30.4 Å². The zero-order chi connectivity index (χ0) is 23.1. The minimum atomic E-state index is -3.45. The van der Waals surface area contributed by atoms with Crippen LogP contribution < -0.4 is 14.8 Å². The van der Waals surface area contributed by atoms with E-state index in [2.05, 4.69) is 15.0 Å². The number of hydrogen-bond acceptors (Lipinski definition) is 6. The summed E-state index contributed by atoms with van der Waals surface area (Å²) in [4.78, 5) is 16.8. The smallest absolute Gasteiger partial charge is 0.232 e. The Bertz CT molecular complexity index is 1190. The molecule has 0 bridgehead atoms. The molecular formula is C23H27N3O5S. The third kappa shape index (κ3) is 5.88. The molecule has 0 atom stereocenters. The van der Waals surface area contributed by atoms with Crippen LogP contribution in [0.25, 0.3) is 11.5 Å². The third-order valence-corrected chi connectivity index (χ3v) is 6.25. The molecule has 0 fully saturated rings. The van der Waals surface area contributed by atoms with Gasteiger partial charge < -0.3 is 14.5 Å². The quantitative estimate of drug-likeness (QED) is 0.481. The van der Waals surface area contributed by atoms with Crippen LogP contribution in [0.4, 0.5) is 5.69 Å². The molecule has 0 unspecified atom stereocenters. The molecule has 9 heteroatoms. The minimum Gasteiger partial charge on any atom is -0.496 e. The molecule has 0 aliphatic heterocycles. The van der Waals surface area contributed by atoms with Crippen molar-refractivity contribution < 1.29 is 22.4 Å². The van der Waals surface area contributed by atoms with Crippen molar-refractivity contribution in [2.24, 2.45) is 0 Å². The molecular weight excluding hydrogens is 430 g/mol. The second-order valence-corrected chi connectivity index (χ2v) is 9.17. The molecule has 2 aromatic carbocycles. The highest BCUT2D eigenvalue weighted by atomic mass is 32.2. The largest absolute Gasteiger partial charge is 0.496 e. The van der Waals surface area contributed by atoms with Gasteiger partial charge in [0.05, 0.1) is 30.7 Å². The fourth-order valence-electron chi connectivity index (χ4n) is 3.13. The first kappa shape index (κ1) is 23.3. The Labute approximate surface area is 188 Å². The van der Waals surface area contributed by atoms with Crippen molar-refractivity contribution in [3.63, 3.8) is 0 Å². The van der Waals surface area contributed by atoms with Gasteiger partial charge in [0.1, 0.15) is 17.2 Å². The molecule has 8 nitrogen and oxygen atoms in total. The Morgan fingerprint density at radius 1 is 1.12 bits per heavy atom. The average molecular weight is 458 g/mol. The second-order valence-electron chi connectivity index (χ2n) is 7.16. The van der Waals surface area contributed by atoms with Crippen LogP contribution in [0.5, 0.6) is 5.75 Å². The summed E-state index contributed by atoms with van der Waals surface area (Å²) < 4.78 is 37.6. The number of benzene rings is 2. The van der Waals surface area contributed by atoms with E-state index in [1.165, 1.54) is 0 Å². The van der Waals surface area contributed by atoms with E-state index in [1.807, 2.05) is 24.3 Å². The Hall–Kier alpha value is -3.33. The first-order valence-corrected chi connectivity index (χ1v) is 11.9. The molecule has 3 aromatic rings. The van der Waals surface area contributed by atoms with Gasteiger partial charge in [0.15, 0.2) is 0 Å². The summed E-state index contributed by atoms with van der Waals surface area (Å²) in [6.45, 7) is 3.53. The molecule has 0 aliphatic rings. The Balaban J connectivity index is 1.66. The minimum absolute atomic E-state index is 0.0436. The lowest BCUT2D eigenvalue weighted by atomic mass is 10.1. The number of anilines is 1. The van der Waals surface area contributed by atoms with Gasteiger partial charge >= 0.3 is 0 Å². The fourth-order valence-corrected chi connectivity index (χ4v) is 3.79. The van der Waals surface area contributed by atoms with E-state index in [0.717, 1.165) is 11.3 Å². The maximum atomic E-state index is 12.3. The molecule has 170 valence electrons. The Kier molecular flexibility index (Phi) is 7.53. The molecule has 1 amide bonds. The molecule has 0 aliphatic carbocycles. The highest BCUT2D eigenvalue weighted by molar-refractivity contribution is 7.92. The van der Waals surface area contributed by atoms with Crippen LogP contribution >= 0.6 is 0 Å². The third-order valence-electron chi connectivity index (χ3n) is 4.96. The van der Waals surface area contributed by atoms with E-state index in [9.17, 15) is 13.2 Å². The van der Waals surface area contributed by atoms with E-state index in [1.54, 1.807) is 45.2 Å². The SMILES string of the molecule is CCS(=O)(=O)Nc1ccccc1-c1nc(CNC(=O)CCc2ccccc2OC)c(C)o1. The molecule has 2 N–H and O–H groups in total. The van der Waals surface area contributed by atoms with Gasteiger partial charge in [-0.05, 0) is 44.0 Å². The topological polar surface area (TPSA) is 111 Å². The highest BCUT2D eigenvalue weighted by Gasteiger charge is 2.17. The summed E-state index contributed by atoms with van der Waals surface area (Å²) in [6, 6.07) is 14.5. The monoisotopic (exact) mass is 457 g/mol. The van der Waals surface area contributed by atoms with Crippen LogP contribution in [0.2, 0.25) is 0 Å². The predicted octanol–water partition coefficient (Wildman–Crippen LogP) is 3.67. The first-order chi connectivity index (χ1) is 15.3. The van der Waals surface area contributed by atoms with Crippen LogP contribution in [0.15, 0.2) is 52.9 Å². The van der Waals surface area contributed by atoms with Gasteiger partial charge in [-0.15, -0.1) is 0 Å². The molecule has 0 spiro atoms. The van der Waals surface area contributed by atoms with Gasteiger partial charge in [0.2, 0.25) is 21.8 Å². The number of aromatic nitrogens is 1. The molecule has 1 heterocycles. The van der Waals surface area contributed by atoms with Crippen molar-refractivity contribution in [2.45, 2.75) is 33.2 Å². The number of aryl methyl sites for hydroxylation is 2. The van der Waals surface area contributed by atoms with Gasteiger partial charge in [-0.25, -0.2) is 13.4 Å². The number of methoxy groups -OCH3 is 1. The van der Waals surface area contributed by atoms with E-state index in [0.29, 0.717) is 35.5 Å². The molecule has 0 radical (unpaired) electrons. The van der Waals surface area contributed by atoms with Gasteiger partial charge in [-0.2, -0.15) is 0 Å². The number of sulfonamides is 1. The number of hydrogen-bond donors (Lipinski definition) is 2. The maximum absolute atomic E-state index is 12.3. The van der Waals surface area contributed by atoms with Crippen LogP contribution in [0, 0.1) is 6.92 Å². The van der Waals surface area contributed by atoms with E-state index in [-0.39, 0.29) is 24.1 Å². The summed E-state index contributed by atoms with van der Waals surface area (Å²) in [5.74, 6) is 1.44. The zero-order valence-electron chi connectivity index (χ0n) is 18.3. The lowest BCUT2D eigenvalue weighted by Gasteiger charge is -2.09. The van der Waals surface area contributed by atoms with Crippen molar-refractivity contribution in [3.05, 3.63) is 65.5 Å². The summed E-state index contributed by atoms with van der Waals surface area (Å²) in [5, 5.41) is 2.86. The fraction of sp³-hybridized carbons (Fsp3) is 0.304. The number of nitrogens with one attached hydrogen (secondary N) is 2. The number of ether oxygens (including phenoxy) is 1. The predicted molar refractivity (Wildman–Crippen MR) is 123 cm³/mol. The molecule has 1 aromatic heterocycles. The number of rotatable bonds is 10. The number of oxazole rings is 1. The van der Waals surface area contributed by atoms with E-state index >= 15 is 0 Å². The van der Waals surface area contributed by atoms with Crippen LogP contribution in [-0.4, -0.2) is 32.2 Å². The van der Waals surface area contributed by atoms with Gasteiger partial charge in [0.25, 0.3) is 0 Å². The van der Waals surface area contributed by atoms with Gasteiger partial charge in [-0.3, -0.25) is 9.52 Å². The highest BCUT2D eigenvalue weighted by Crippen LogP contribution is 2.29. The van der Waals surface area contributed by atoms with Crippen LogP contribution in [-0.2, 0) is 27.8 Å². The second kappa shape index (κ2) is 10.3. The lowest BCUT2D eigenvalue weighted by Crippen LogP contribution is -2.23. The molecule has 3 rings (SSSR count). The van der Waals surface area contributed by atoms with Gasteiger partial charge in [-0.1, -0.05) is 30.3 Å². The van der Waals surface area contributed by atoms with Gasteiger partial charge in [0, 0.05) is 6.42 Å². The summed E-state index contributed by atoms with van der Waals surface area (Å²) in [6.07, 6.45) is 0.871. The standard InChI is InChI=1S/C23H27N3O5S/c1-4-32(28,29)26-19-11-7-6-10-18(19)23-25-20(16(2)31-23)15-24-22(27)14-13-17-9-5-8-12-21(17)30-3/h5-12,26H,4,13-15H2,1-3H3,(H,24,27). The zero-order valence-corrected chi connectivity index (χ0v) is 19.2. The van der Waals surface area contributed by atoms with Crippen molar-refractivity contribution >= 4 is 21.6 Å². The average Bonchev–Trinajstić information content (AvgIpc) is 3.16. The number of amides is 1. The van der Waals surface area contributed by atoms with E-state index < -0.39 is 10.0 Å². The number of nitrogens with zero attached hydrogens (tertiary/aromatic N) is 1. The number of carbonyl (C=O) groups is 1. The summed E-state index contributed by atoms with van der Waals surface area (Å²) >= 11 is 0. The molecule has 32 heavy (non-hydrogen) atoms. The van der Waals surface area contributed by atoms with Crippen molar-refractivity contribution in [1.29, 1.82) is 0 Å². The Morgan fingerprint density at radius 3 is 2.59 bits per heavy atom. The first-order valence-electron chi connectivity index (χ1n) is 10.3.